The summed E-state index contributed by atoms with van der Waals surface area (Å²) in [5.41, 5.74) is 4.18. The number of hydrazone groups is 1. The number of nitrogens with one attached hydrogen (secondary N) is 1. The molecular weight excluding hydrogens is 313 g/mol. The molecule has 3 nitrogen and oxygen atoms in total. The third kappa shape index (κ3) is 3.14. The molecule has 7 heteroatoms. The van der Waals surface area contributed by atoms with E-state index in [0.717, 1.165) is 14.9 Å². The second-order valence-electron chi connectivity index (χ2n) is 3.39. The maximum Gasteiger partial charge on any atom is 0.0965 e. The predicted molar refractivity (Wildman–Crippen MR) is 79.4 cm³/mol. The lowest BCUT2D eigenvalue weighted by Crippen LogP contribution is -1.98. The minimum atomic E-state index is 0.420. The average Bonchev–Trinajstić information content (AvgIpc) is 2.75. The van der Waals surface area contributed by atoms with Gasteiger partial charge >= 0.3 is 0 Å². The van der Waals surface area contributed by atoms with Crippen LogP contribution in [0.15, 0.2) is 29.6 Å². The number of nitrogens with zero attached hydrogens (tertiary/aromatic N) is 2. The van der Waals surface area contributed by atoms with Gasteiger partial charge in [-0.1, -0.05) is 34.8 Å². The molecule has 0 aliphatic rings. The van der Waals surface area contributed by atoms with E-state index in [-0.39, 0.29) is 0 Å². The summed E-state index contributed by atoms with van der Waals surface area (Å²) in [6.45, 7) is 1.87. The van der Waals surface area contributed by atoms with Crippen LogP contribution >= 0.6 is 46.1 Å². The second-order valence-corrected chi connectivity index (χ2v) is 5.92. The van der Waals surface area contributed by atoms with E-state index in [0.29, 0.717) is 15.7 Å². The van der Waals surface area contributed by atoms with E-state index in [1.807, 2.05) is 19.1 Å². The van der Waals surface area contributed by atoms with Crippen LogP contribution in [0.2, 0.25) is 14.4 Å². The summed E-state index contributed by atoms with van der Waals surface area (Å²) in [6.07, 6.45) is 3.01. The largest absolute Gasteiger partial charge is 0.275 e. The lowest BCUT2D eigenvalue weighted by Gasteiger charge is -2.05. The lowest BCUT2D eigenvalue weighted by molar-refractivity contribution is 1.27. The molecule has 18 heavy (non-hydrogen) atoms. The van der Waals surface area contributed by atoms with Crippen molar-refractivity contribution in [3.63, 3.8) is 0 Å². The van der Waals surface area contributed by atoms with Gasteiger partial charge in [0.2, 0.25) is 0 Å². The van der Waals surface area contributed by atoms with Gasteiger partial charge in [0, 0.05) is 12.4 Å². The van der Waals surface area contributed by atoms with E-state index in [4.69, 9.17) is 34.8 Å². The van der Waals surface area contributed by atoms with Crippen LogP contribution in [-0.4, -0.2) is 10.7 Å². The molecule has 0 aromatic carbocycles. The quantitative estimate of drug-likeness (QED) is 0.642. The van der Waals surface area contributed by atoms with Crippen LogP contribution in [-0.2, 0) is 0 Å². The number of rotatable bonds is 3. The van der Waals surface area contributed by atoms with Crippen LogP contribution in [0.5, 0.6) is 0 Å². The Balaban J connectivity index is 2.20. The van der Waals surface area contributed by atoms with Crippen molar-refractivity contribution in [2.24, 2.45) is 5.10 Å². The van der Waals surface area contributed by atoms with E-state index < -0.39 is 0 Å². The van der Waals surface area contributed by atoms with Crippen molar-refractivity contribution >= 4 is 57.5 Å². The molecule has 0 spiro atoms. The molecule has 0 saturated carbocycles. The van der Waals surface area contributed by atoms with E-state index in [9.17, 15) is 0 Å². The van der Waals surface area contributed by atoms with Gasteiger partial charge < -0.3 is 0 Å². The summed E-state index contributed by atoms with van der Waals surface area (Å²) in [7, 11) is 0. The number of aromatic nitrogens is 1. The zero-order chi connectivity index (χ0) is 13.1. The van der Waals surface area contributed by atoms with Crippen molar-refractivity contribution in [3.8, 4) is 0 Å². The van der Waals surface area contributed by atoms with Gasteiger partial charge in [0.25, 0.3) is 0 Å². The van der Waals surface area contributed by atoms with Crippen molar-refractivity contribution < 1.29 is 0 Å². The molecule has 0 unspecified atom stereocenters. The zero-order valence-corrected chi connectivity index (χ0v) is 12.3. The summed E-state index contributed by atoms with van der Waals surface area (Å²) in [5.74, 6) is 0. The van der Waals surface area contributed by atoms with Crippen molar-refractivity contribution in [3.05, 3.63) is 43.8 Å². The highest BCUT2D eigenvalue weighted by molar-refractivity contribution is 7.18. The Morgan fingerprint density at radius 3 is 2.44 bits per heavy atom. The first-order valence-corrected chi connectivity index (χ1v) is 6.88. The van der Waals surface area contributed by atoms with Crippen LogP contribution in [0.3, 0.4) is 0 Å². The Morgan fingerprint density at radius 1 is 1.22 bits per heavy atom. The SMILES string of the molecule is C/C(=N\Nc1c(Cl)cncc1Cl)c1ccc(Cl)s1. The van der Waals surface area contributed by atoms with Crippen LogP contribution < -0.4 is 5.43 Å². The average molecular weight is 321 g/mol. The third-order valence-electron chi connectivity index (χ3n) is 2.12. The lowest BCUT2D eigenvalue weighted by atomic mass is 10.3. The number of hydrogen-bond acceptors (Lipinski definition) is 4. The molecule has 2 aromatic heterocycles. The Morgan fingerprint density at radius 2 is 1.89 bits per heavy atom. The molecule has 2 heterocycles. The summed E-state index contributed by atoms with van der Waals surface area (Å²) < 4.78 is 0.722. The van der Waals surface area contributed by atoms with Gasteiger partial charge in [-0.2, -0.15) is 5.10 Å². The van der Waals surface area contributed by atoms with E-state index in [1.165, 1.54) is 23.7 Å². The number of hydrogen-bond donors (Lipinski definition) is 1. The van der Waals surface area contributed by atoms with Gasteiger partial charge in [-0.05, 0) is 19.1 Å². The second kappa shape index (κ2) is 5.89. The normalized spacial score (nSPS) is 11.7. The number of thiophene rings is 1. The molecule has 94 valence electrons. The van der Waals surface area contributed by atoms with E-state index in [1.54, 1.807) is 0 Å². The smallest absolute Gasteiger partial charge is 0.0965 e. The maximum absolute atomic E-state index is 5.97. The first-order chi connectivity index (χ1) is 8.58. The Labute approximate surface area is 123 Å². The molecule has 0 atom stereocenters. The third-order valence-corrected chi connectivity index (χ3v) is 4.03. The zero-order valence-electron chi connectivity index (χ0n) is 9.25. The molecule has 0 aliphatic carbocycles. The highest BCUT2D eigenvalue weighted by atomic mass is 35.5. The fourth-order valence-corrected chi connectivity index (χ4v) is 2.66. The van der Waals surface area contributed by atoms with Gasteiger partial charge in [-0.25, -0.2) is 0 Å². The molecule has 0 fully saturated rings. The van der Waals surface area contributed by atoms with Crippen LogP contribution in [0.4, 0.5) is 5.69 Å². The monoisotopic (exact) mass is 319 g/mol. The Hall–Kier alpha value is -0.810. The van der Waals surface area contributed by atoms with Gasteiger partial charge in [-0.3, -0.25) is 10.4 Å². The predicted octanol–water partition coefficient (Wildman–Crippen LogP) is 4.94. The first-order valence-electron chi connectivity index (χ1n) is 4.93. The van der Waals surface area contributed by atoms with Crippen LogP contribution in [0, 0.1) is 0 Å². The molecule has 2 rings (SSSR count). The summed E-state index contributed by atoms with van der Waals surface area (Å²) in [6, 6.07) is 3.73. The van der Waals surface area contributed by atoms with Gasteiger partial charge in [0.1, 0.15) is 0 Å². The number of halogens is 3. The molecule has 0 aliphatic heterocycles. The van der Waals surface area contributed by atoms with E-state index in [2.05, 4.69) is 15.5 Å². The maximum atomic E-state index is 5.97. The number of pyridine rings is 1. The highest BCUT2D eigenvalue weighted by Gasteiger charge is 2.06. The minimum Gasteiger partial charge on any atom is -0.275 e. The van der Waals surface area contributed by atoms with Crippen molar-refractivity contribution in [1.29, 1.82) is 0 Å². The van der Waals surface area contributed by atoms with Crippen LogP contribution in [0.25, 0.3) is 0 Å². The Bertz CT molecular complexity index is 575. The topological polar surface area (TPSA) is 37.3 Å². The van der Waals surface area contributed by atoms with Crippen molar-refractivity contribution in [1.82, 2.24) is 4.98 Å². The minimum absolute atomic E-state index is 0.420. The van der Waals surface area contributed by atoms with Crippen molar-refractivity contribution in [2.75, 3.05) is 5.43 Å². The number of anilines is 1. The first kappa shape index (κ1) is 13.6. The molecule has 0 saturated heterocycles. The van der Waals surface area contributed by atoms with Crippen LogP contribution in [0.1, 0.15) is 11.8 Å². The summed E-state index contributed by atoms with van der Waals surface area (Å²) in [4.78, 5) is 4.85. The molecule has 0 radical (unpaired) electrons. The van der Waals surface area contributed by atoms with Gasteiger partial charge in [-0.15, -0.1) is 11.3 Å². The van der Waals surface area contributed by atoms with Crippen molar-refractivity contribution in [2.45, 2.75) is 6.92 Å². The molecule has 0 amide bonds. The molecule has 2 aromatic rings. The molecule has 1 N–H and O–H groups in total. The van der Waals surface area contributed by atoms with Gasteiger partial charge in [0.15, 0.2) is 0 Å². The Kier molecular flexibility index (Phi) is 4.45. The fourth-order valence-electron chi connectivity index (χ4n) is 1.22. The van der Waals surface area contributed by atoms with E-state index >= 15 is 0 Å². The fraction of sp³-hybridized carbons (Fsp3) is 0.0909. The summed E-state index contributed by atoms with van der Waals surface area (Å²) in [5, 5.41) is 5.06. The molecule has 0 bridgehead atoms. The van der Waals surface area contributed by atoms with Gasteiger partial charge in [0.05, 0.1) is 30.7 Å². The highest BCUT2D eigenvalue weighted by Crippen LogP contribution is 2.29. The molecular formula is C11H8Cl3N3S. The summed E-state index contributed by atoms with van der Waals surface area (Å²) >= 11 is 19.3. The standard InChI is InChI=1S/C11H8Cl3N3S/c1-6(9-2-3-10(14)18-9)16-17-11-7(12)4-15-5-8(11)13/h2-5H,1H3,(H,15,17)/b16-6+.